The molecular formula is C24H33ClN6S. The second kappa shape index (κ2) is 11.1. The second-order valence-corrected chi connectivity index (χ2v) is 9.72. The van der Waals surface area contributed by atoms with Gasteiger partial charge in [0.15, 0.2) is 5.11 Å². The van der Waals surface area contributed by atoms with E-state index in [4.69, 9.17) is 33.8 Å². The highest BCUT2D eigenvalue weighted by molar-refractivity contribution is 7.80. The lowest BCUT2D eigenvalue weighted by molar-refractivity contribution is 0.444. The molecule has 0 unspecified atom stereocenters. The summed E-state index contributed by atoms with van der Waals surface area (Å²) in [4.78, 5) is 14.5. The number of benzene rings is 1. The van der Waals surface area contributed by atoms with Crippen molar-refractivity contribution >= 4 is 46.5 Å². The molecule has 4 rings (SSSR count). The predicted molar refractivity (Wildman–Crippen MR) is 138 cm³/mol. The van der Waals surface area contributed by atoms with Crippen LogP contribution in [0.25, 0.3) is 0 Å². The van der Waals surface area contributed by atoms with E-state index in [1.165, 1.54) is 38.5 Å². The monoisotopic (exact) mass is 472 g/mol. The molecular weight excluding hydrogens is 440 g/mol. The van der Waals surface area contributed by atoms with Crippen LogP contribution < -0.4 is 20.4 Å². The van der Waals surface area contributed by atoms with Gasteiger partial charge in [-0.1, -0.05) is 49.6 Å². The number of anilines is 3. The summed E-state index contributed by atoms with van der Waals surface area (Å²) in [5, 5.41) is 7.67. The fraction of sp³-hybridized carbons (Fsp3) is 0.542. The summed E-state index contributed by atoms with van der Waals surface area (Å²) in [6, 6.07) is 9.93. The van der Waals surface area contributed by atoms with Crippen LogP contribution in [-0.2, 0) is 6.54 Å². The predicted octanol–water partition coefficient (Wildman–Crippen LogP) is 5.23. The first-order chi connectivity index (χ1) is 15.6. The number of nitrogens with zero attached hydrogens (tertiary/aromatic N) is 4. The zero-order valence-corrected chi connectivity index (χ0v) is 20.4. The van der Waals surface area contributed by atoms with E-state index < -0.39 is 0 Å². The number of aromatic nitrogens is 2. The van der Waals surface area contributed by atoms with Crippen molar-refractivity contribution in [2.75, 3.05) is 41.3 Å². The molecule has 0 saturated carbocycles. The number of rotatable bonds is 5. The summed E-state index contributed by atoms with van der Waals surface area (Å²) in [6.07, 6.45) is 7.48. The molecule has 6 nitrogen and oxygen atoms in total. The minimum Gasteiger partial charge on any atom is -0.358 e. The quantitative estimate of drug-likeness (QED) is 0.577. The van der Waals surface area contributed by atoms with Gasteiger partial charge < -0.3 is 20.4 Å². The smallest absolute Gasteiger partial charge is 0.232 e. The maximum atomic E-state index is 6.27. The maximum absolute atomic E-state index is 6.27. The van der Waals surface area contributed by atoms with E-state index in [1.807, 2.05) is 24.3 Å². The Hall–Kier alpha value is -2.12. The van der Waals surface area contributed by atoms with Crippen molar-refractivity contribution in [2.24, 2.45) is 5.92 Å². The summed E-state index contributed by atoms with van der Waals surface area (Å²) in [5.74, 6) is 3.21. The molecule has 1 aromatic carbocycles. The number of nitrogens with one attached hydrogen (secondary N) is 2. The topological polar surface area (TPSA) is 56.3 Å². The number of hydrogen-bond donors (Lipinski definition) is 2. The number of piperidine rings is 1. The van der Waals surface area contributed by atoms with E-state index in [9.17, 15) is 0 Å². The highest BCUT2D eigenvalue weighted by Crippen LogP contribution is 2.27. The van der Waals surface area contributed by atoms with Crippen molar-refractivity contribution in [3.05, 3.63) is 40.9 Å². The van der Waals surface area contributed by atoms with Gasteiger partial charge in [0, 0.05) is 43.8 Å². The third kappa shape index (κ3) is 6.23. The van der Waals surface area contributed by atoms with E-state index in [-0.39, 0.29) is 0 Å². The average molecular weight is 473 g/mol. The van der Waals surface area contributed by atoms with E-state index >= 15 is 0 Å². The third-order valence-corrected chi connectivity index (χ3v) is 6.85. The molecule has 8 heteroatoms. The van der Waals surface area contributed by atoms with Crippen molar-refractivity contribution in [3.8, 4) is 0 Å². The van der Waals surface area contributed by atoms with Crippen LogP contribution in [0.2, 0.25) is 5.02 Å². The van der Waals surface area contributed by atoms with Gasteiger partial charge in [-0.2, -0.15) is 9.97 Å². The minimum atomic E-state index is 0.496. The van der Waals surface area contributed by atoms with Gasteiger partial charge in [0.25, 0.3) is 0 Å². The Morgan fingerprint density at radius 2 is 1.72 bits per heavy atom. The molecule has 3 heterocycles. The second-order valence-electron chi connectivity index (χ2n) is 8.90. The summed E-state index contributed by atoms with van der Waals surface area (Å²) >= 11 is 11.8. The van der Waals surface area contributed by atoms with Crippen molar-refractivity contribution in [1.82, 2.24) is 15.3 Å². The van der Waals surface area contributed by atoms with Gasteiger partial charge in [-0.15, -0.1) is 0 Å². The fourth-order valence-electron chi connectivity index (χ4n) is 4.46. The van der Waals surface area contributed by atoms with Crippen molar-refractivity contribution in [2.45, 2.75) is 52.0 Å². The minimum absolute atomic E-state index is 0.496. The molecule has 172 valence electrons. The van der Waals surface area contributed by atoms with Gasteiger partial charge in [-0.3, -0.25) is 0 Å². The van der Waals surface area contributed by atoms with Crippen LogP contribution in [0.3, 0.4) is 0 Å². The van der Waals surface area contributed by atoms with Crippen LogP contribution >= 0.6 is 23.8 Å². The van der Waals surface area contributed by atoms with E-state index in [1.54, 1.807) is 0 Å². The largest absolute Gasteiger partial charge is 0.358 e. The van der Waals surface area contributed by atoms with Gasteiger partial charge in [0.1, 0.15) is 11.6 Å². The first-order valence-corrected chi connectivity index (χ1v) is 12.5. The van der Waals surface area contributed by atoms with Gasteiger partial charge in [0.05, 0.1) is 0 Å². The lowest BCUT2D eigenvalue weighted by Crippen LogP contribution is -2.36. The Balaban J connectivity index is 1.51. The SMILES string of the molecule is C[C@H]1CCCN(c2cc(N3CCCCCC3)nc(NC(=S)NCc3ccccc3Cl)n2)C1. The van der Waals surface area contributed by atoms with Crippen LogP contribution in [-0.4, -0.2) is 41.3 Å². The summed E-state index contributed by atoms with van der Waals surface area (Å²) in [5.41, 5.74) is 1.00. The fourth-order valence-corrected chi connectivity index (χ4v) is 4.83. The maximum Gasteiger partial charge on any atom is 0.232 e. The van der Waals surface area contributed by atoms with Crippen molar-refractivity contribution < 1.29 is 0 Å². The van der Waals surface area contributed by atoms with Crippen LogP contribution in [0.4, 0.5) is 17.6 Å². The summed E-state index contributed by atoms with van der Waals surface area (Å²) in [7, 11) is 0. The van der Waals surface area contributed by atoms with E-state index in [0.717, 1.165) is 48.4 Å². The Morgan fingerprint density at radius 1 is 1.03 bits per heavy atom. The van der Waals surface area contributed by atoms with Crippen LogP contribution in [0, 0.1) is 5.92 Å². The third-order valence-electron chi connectivity index (χ3n) is 6.23. The zero-order valence-electron chi connectivity index (χ0n) is 18.8. The molecule has 2 aliphatic rings. The number of thiocarbonyl (C=S) groups is 1. The highest BCUT2D eigenvalue weighted by atomic mass is 35.5. The van der Waals surface area contributed by atoms with Gasteiger partial charge in [-0.05, 0) is 55.4 Å². The molecule has 2 aromatic rings. The molecule has 2 aliphatic heterocycles. The molecule has 0 radical (unpaired) electrons. The molecule has 2 fully saturated rings. The molecule has 0 spiro atoms. The van der Waals surface area contributed by atoms with Crippen molar-refractivity contribution in [3.63, 3.8) is 0 Å². The lowest BCUT2D eigenvalue weighted by atomic mass is 10.0. The van der Waals surface area contributed by atoms with Gasteiger partial charge in [0.2, 0.25) is 5.95 Å². The first kappa shape index (κ1) is 23.1. The van der Waals surface area contributed by atoms with Gasteiger partial charge in [-0.25, -0.2) is 0 Å². The molecule has 0 bridgehead atoms. The molecule has 1 aromatic heterocycles. The zero-order chi connectivity index (χ0) is 22.3. The Bertz CT molecular complexity index is 895. The number of hydrogen-bond acceptors (Lipinski definition) is 5. The Labute approximate surface area is 201 Å². The molecule has 0 aliphatic carbocycles. The summed E-state index contributed by atoms with van der Waals surface area (Å²) in [6.45, 7) is 7.02. The Morgan fingerprint density at radius 3 is 2.44 bits per heavy atom. The number of halogens is 1. The van der Waals surface area contributed by atoms with Gasteiger partial charge >= 0.3 is 0 Å². The Kier molecular flexibility index (Phi) is 8.03. The van der Waals surface area contributed by atoms with Crippen LogP contribution in [0.1, 0.15) is 51.0 Å². The molecule has 2 N–H and O–H groups in total. The lowest BCUT2D eigenvalue weighted by Gasteiger charge is -2.33. The summed E-state index contributed by atoms with van der Waals surface area (Å²) < 4.78 is 0. The molecule has 0 amide bonds. The normalized spacial score (nSPS) is 19.4. The standard InChI is InChI=1S/C24H33ClN6S/c1-18-9-8-14-31(17-18)22-15-21(30-12-6-2-3-7-13-30)27-23(28-22)29-24(32)26-16-19-10-4-5-11-20(19)25/h4-5,10-11,15,18H,2-3,6-9,12-14,16-17H2,1H3,(H2,26,27,28,29,32)/t18-/m0/s1. The molecule has 1 atom stereocenters. The van der Waals surface area contributed by atoms with E-state index in [2.05, 4.69) is 33.4 Å². The van der Waals surface area contributed by atoms with E-state index in [0.29, 0.717) is 23.5 Å². The van der Waals surface area contributed by atoms with Crippen LogP contribution in [0.5, 0.6) is 0 Å². The first-order valence-electron chi connectivity index (χ1n) is 11.8. The average Bonchev–Trinajstić information content (AvgIpc) is 3.08. The van der Waals surface area contributed by atoms with Crippen molar-refractivity contribution in [1.29, 1.82) is 0 Å². The highest BCUT2D eigenvalue weighted by Gasteiger charge is 2.21. The molecule has 32 heavy (non-hydrogen) atoms. The van der Waals surface area contributed by atoms with Crippen LogP contribution in [0.15, 0.2) is 30.3 Å². The molecule has 2 saturated heterocycles.